The quantitative estimate of drug-likeness (QED) is 0.675. The first-order valence-electron chi connectivity index (χ1n) is 10.4. The topological polar surface area (TPSA) is 22.1 Å². The molecule has 134 valence electrons. The Hall–Kier alpha value is -1.15. The number of rotatable bonds is 1. The van der Waals surface area contributed by atoms with Crippen LogP contribution in [0.5, 0.6) is 0 Å². The molecule has 2 heterocycles. The zero-order valence-electron chi connectivity index (χ0n) is 15.7. The third-order valence-corrected chi connectivity index (χ3v) is 8.51. The predicted octanol–water partition coefficient (Wildman–Crippen LogP) is 5.50. The maximum atomic E-state index is 6.24. The van der Waals surface area contributed by atoms with E-state index in [-0.39, 0.29) is 0 Å². The Morgan fingerprint density at radius 2 is 2.04 bits per heavy atom. The first-order chi connectivity index (χ1) is 12.1. The van der Waals surface area contributed by atoms with Crippen molar-refractivity contribution in [2.24, 2.45) is 28.6 Å². The lowest BCUT2D eigenvalue weighted by Gasteiger charge is -2.59. The minimum absolute atomic E-state index is 0.350. The molecular weight excluding hydrogens is 306 g/mol. The molecule has 1 aliphatic heterocycles. The Morgan fingerprint density at radius 3 is 2.88 bits per heavy atom. The molecule has 0 bridgehead atoms. The van der Waals surface area contributed by atoms with Crippen LogP contribution < -0.4 is 0 Å². The lowest BCUT2D eigenvalue weighted by Crippen LogP contribution is -2.55. The molecule has 3 fully saturated rings. The third-order valence-electron chi connectivity index (χ3n) is 8.51. The molecule has 25 heavy (non-hydrogen) atoms. The first-order valence-corrected chi connectivity index (χ1v) is 10.4. The van der Waals surface area contributed by atoms with Gasteiger partial charge in [0.25, 0.3) is 0 Å². The smallest absolute Gasteiger partial charge is 0.0631 e. The van der Waals surface area contributed by atoms with Gasteiger partial charge in [0.15, 0.2) is 0 Å². The van der Waals surface area contributed by atoms with Crippen molar-refractivity contribution in [1.29, 1.82) is 0 Å². The minimum Gasteiger partial charge on any atom is -0.378 e. The molecule has 6 unspecified atom stereocenters. The Labute approximate surface area is 152 Å². The average molecular weight is 338 g/mol. The van der Waals surface area contributed by atoms with Crippen molar-refractivity contribution >= 4 is 5.57 Å². The second-order valence-corrected chi connectivity index (χ2v) is 9.47. The number of pyridine rings is 1. The molecule has 5 rings (SSSR count). The number of hydrogen-bond donors (Lipinski definition) is 0. The molecule has 1 aromatic rings. The largest absolute Gasteiger partial charge is 0.378 e. The van der Waals surface area contributed by atoms with Crippen molar-refractivity contribution in [3.63, 3.8) is 0 Å². The number of hydrogen-bond acceptors (Lipinski definition) is 2. The fourth-order valence-corrected chi connectivity index (χ4v) is 7.26. The van der Waals surface area contributed by atoms with Crippen molar-refractivity contribution < 1.29 is 4.74 Å². The van der Waals surface area contributed by atoms with E-state index in [1.807, 2.05) is 6.20 Å². The van der Waals surface area contributed by atoms with Crippen molar-refractivity contribution in [2.75, 3.05) is 6.61 Å². The molecule has 3 aliphatic carbocycles. The summed E-state index contributed by atoms with van der Waals surface area (Å²) in [5, 5.41) is 0. The third kappa shape index (κ3) is 2.22. The van der Waals surface area contributed by atoms with Gasteiger partial charge >= 0.3 is 0 Å². The monoisotopic (exact) mass is 337 g/mol. The van der Waals surface area contributed by atoms with E-state index >= 15 is 0 Å². The normalized spacial score (nSPS) is 45.9. The molecule has 0 amide bonds. The summed E-state index contributed by atoms with van der Waals surface area (Å²) in [4.78, 5) is 4.39. The van der Waals surface area contributed by atoms with Gasteiger partial charge < -0.3 is 4.74 Å². The molecule has 1 aromatic heterocycles. The highest BCUT2D eigenvalue weighted by Gasteiger charge is 2.58. The zero-order chi connectivity index (χ0) is 17.1. The minimum atomic E-state index is 0.350. The van der Waals surface area contributed by atoms with Crippen LogP contribution in [-0.2, 0) is 4.74 Å². The first kappa shape index (κ1) is 16.1. The van der Waals surface area contributed by atoms with Crippen LogP contribution in [0.4, 0.5) is 0 Å². The van der Waals surface area contributed by atoms with Crippen LogP contribution >= 0.6 is 0 Å². The maximum absolute atomic E-state index is 6.24. The van der Waals surface area contributed by atoms with E-state index in [1.54, 1.807) is 5.57 Å². The fraction of sp³-hybridized carbons (Fsp3) is 0.696. The van der Waals surface area contributed by atoms with Crippen LogP contribution in [0.15, 0.2) is 30.6 Å². The Bertz CT molecular complexity index is 683. The lowest BCUT2D eigenvalue weighted by molar-refractivity contribution is -0.168. The van der Waals surface area contributed by atoms with Gasteiger partial charge in [-0.05, 0) is 90.7 Å². The second-order valence-electron chi connectivity index (χ2n) is 9.47. The van der Waals surface area contributed by atoms with E-state index in [1.165, 1.54) is 50.5 Å². The van der Waals surface area contributed by atoms with Gasteiger partial charge in [-0.3, -0.25) is 4.98 Å². The van der Waals surface area contributed by atoms with Crippen LogP contribution in [-0.4, -0.2) is 17.7 Å². The van der Waals surface area contributed by atoms with Gasteiger partial charge in [0, 0.05) is 19.0 Å². The molecule has 2 nitrogen and oxygen atoms in total. The van der Waals surface area contributed by atoms with Crippen molar-refractivity contribution in [2.45, 2.75) is 64.9 Å². The van der Waals surface area contributed by atoms with E-state index in [4.69, 9.17) is 4.74 Å². The van der Waals surface area contributed by atoms with Gasteiger partial charge in [0.1, 0.15) is 0 Å². The molecule has 2 saturated carbocycles. The molecule has 0 aromatic carbocycles. The van der Waals surface area contributed by atoms with Crippen LogP contribution in [0, 0.1) is 28.6 Å². The molecule has 0 N–H and O–H groups in total. The van der Waals surface area contributed by atoms with Gasteiger partial charge in [0.2, 0.25) is 0 Å². The summed E-state index contributed by atoms with van der Waals surface area (Å²) in [7, 11) is 0. The van der Waals surface area contributed by atoms with E-state index < -0.39 is 0 Å². The summed E-state index contributed by atoms with van der Waals surface area (Å²) < 4.78 is 6.24. The summed E-state index contributed by atoms with van der Waals surface area (Å²) in [6.45, 7) is 6.09. The van der Waals surface area contributed by atoms with Gasteiger partial charge in [-0.1, -0.05) is 26.0 Å². The van der Waals surface area contributed by atoms with E-state index in [2.05, 4.69) is 43.2 Å². The number of ether oxygens (including phenoxy) is 1. The molecular formula is C23H31NO. The van der Waals surface area contributed by atoms with Gasteiger partial charge in [0.05, 0.1) is 6.10 Å². The molecule has 4 aliphatic rings. The zero-order valence-corrected chi connectivity index (χ0v) is 15.7. The number of fused-ring (bicyclic) bond motifs is 5. The van der Waals surface area contributed by atoms with Crippen LogP contribution in [0.25, 0.3) is 5.57 Å². The Kier molecular flexibility index (Phi) is 3.64. The second kappa shape index (κ2) is 5.67. The summed E-state index contributed by atoms with van der Waals surface area (Å²) in [5.74, 6) is 2.57. The fourth-order valence-electron chi connectivity index (χ4n) is 7.26. The molecule has 0 radical (unpaired) electrons. The molecule has 2 heteroatoms. The summed E-state index contributed by atoms with van der Waals surface area (Å²) in [6, 6.07) is 4.34. The standard InChI is InChI=1S/C23H31NO/c1-22-12-10-20-17(6-9-21-23(20,2)11-4-14-25-21)19(22)8-7-18(22)16-5-3-13-24-15-16/h3,5,7,13,15,17,19-21H,4,6,8-12,14H2,1-2H3. The van der Waals surface area contributed by atoms with Gasteiger partial charge in [-0.15, -0.1) is 0 Å². The van der Waals surface area contributed by atoms with E-state index in [9.17, 15) is 0 Å². The Morgan fingerprint density at radius 1 is 1.12 bits per heavy atom. The molecule has 6 atom stereocenters. The van der Waals surface area contributed by atoms with Crippen LogP contribution in [0.3, 0.4) is 0 Å². The van der Waals surface area contributed by atoms with Crippen molar-refractivity contribution in [3.8, 4) is 0 Å². The van der Waals surface area contributed by atoms with Crippen LogP contribution in [0.2, 0.25) is 0 Å². The molecule has 1 saturated heterocycles. The predicted molar refractivity (Wildman–Crippen MR) is 101 cm³/mol. The Balaban J connectivity index is 1.46. The molecule has 0 spiro atoms. The highest BCUT2D eigenvalue weighted by atomic mass is 16.5. The summed E-state index contributed by atoms with van der Waals surface area (Å²) in [6.07, 6.45) is 16.3. The number of nitrogens with zero attached hydrogens (tertiary/aromatic N) is 1. The van der Waals surface area contributed by atoms with Crippen LogP contribution in [0.1, 0.15) is 64.4 Å². The average Bonchev–Trinajstić information content (AvgIpc) is 2.99. The van der Waals surface area contributed by atoms with E-state index in [0.717, 1.165) is 24.4 Å². The van der Waals surface area contributed by atoms with Gasteiger partial charge in [-0.2, -0.15) is 0 Å². The maximum Gasteiger partial charge on any atom is 0.0631 e. The van der Waals surface area contributed by atoms with Crippen molar-refractivity contribution in [3.05, 3.63) is 36.2 Å². The number of aromatic nitrogens is 1. The highest BCUT2D eigenvalue weighted by molar-refractivity contribution is 5.72. The number of allylic oxidation sites excluding steroid dienone is 2. The SMILES string of the molecule is CC12CCC3C(CCC4OCCCC43C)C1CC=C2c1cccnc1. The summed E-state index contributed by atoms with van der Waals surface area (Å²) in [5.41, 5.74) is 3.71. The van der Waals surface area contributed by atoms with E-state index in [0.29, 0.717) is 16.9 Å². The highest BCUT2D eigenvalue weighted by Crippen LogP contribution is 2.65. The van der Waals surface area contributed by atoms with Crippen molar-refractivity contribution in [1.82, 2.24) is 4.98 Å². The summed E-state index contributed by atoms with van der Waals surface area (Å²) >= 11 is 0. The van der Waals surface area contributed by atoms with Gasteiger partial charge in [-0.25, -0.2) is 0 Å². The lowest BCUT2D eigenvalue weighted by atomic mass is 9.47.